The molecule has 0 aromatic carbocycles. The number of hydrogen-bond acceptors (Lipinski definition) is 1. The predicted molar refractivity (Wildman–Crippen MR) is 27.2 cm³/mol. The Morgan fingerprint density at radius 3 is 2.71 bits per heavy atom. The molecule has 0 N–H and O–H groups in total. The van der Waals surface area contributed by atoms with E-state index in [-0.39, 0.29) is 0 Å². The van der Waals surface area contributed by atoms with Gasteiger partial charge in [0.05, 0.1) is 6.26 Å². The highest BCUT2D eigenvalue weighted by Crippen LogP contribution is 2.19. The van der Waals surface area contributed by atoms with Crippen molar-refractivity contribution in [3.63, 3.8) is 0 Å². The first-order chi connectivity index (χ1) is 3.30. The smallest absolute Gasteiger partial charge is 0.202 e. The molecular formula is C6H8O. The second kappa shape index (κ2) is 1.57. The first kappa shape index (κ1) is 4.69. The summed E-state index contributed by atoms with van der Waals surface area (Å²) in [5.74, 6) is 0.403. The van der Waals surface area contributed by atoms with Crippen LogP contribution < -0.4 is 0 Å². The zero-order valence-corrected chi connectivity index (χ0v) is 4.56. The van der Waals surface area contributed by atoms with Gasteiger partial charge in [0.25, 0.3) is 0 Å². The van der Waals surface area contributed by atoms with Gasteiger partial charge in [-0.05, 0) is 12.5 Å². The fraction of sp³-hybridized carbons (Fsp3) is 0.500. The topological polar surface area (TPSA) is 9.23 Å². The lowest BCUT2D eigenvalue weighted by molar-refractivity contribution is 0.335. The summed E-state index contributed by atoms with van der Waals surface area (Å²) in [4.78, 5) is 0. The van der Waals surface area contributed by atoms with Crippen molar-refractivity contribution in [1.82, 2.24) is 0 Å². The maximum absolute atomic E-state index is 4.76. The zero-order chi connectivity index (χ0) is 5.28. The van der Waals surface area contributed by atoms with Crippen molar-refractivity contribution in [2.24, 2.45) is 5.92 Å². The van der Waals surface area contributed by atoms with Gasteiger partial charge in [0, 0.05) is 5.92 Å². The van der Waals surface area contributed by atoms with Gasteiger partial charge in [-0.25, -0.2) is 0 Å². The monoisotopic (exact) mass is 96.1 g/mol. The van der Waals surface area contributed by atoms with Crippen molar-refractivity contribution in [2.75, 3.05) is 0 Å². The molecule has 1 unspecified atom stereocenters. The maximum atomic E-state index is 4.76. The van der Waals surface area contributed by atoms with E-state index >= 15 is 0 Å². The lowest BCUT2D eigenvalue weighted by Gasteiger charge is -1.93. The molecule has 0 bridgehead atoms. The molecule has 0 amide bonds. The third-order valence-corrected chi connectivity index (χ3v) is 1.17. The van der Waals surface area contributed by atoms with Crippen LogP contribution in [0.15, 0.2) is 11.8 Å². The summed E-state index contributed by atoms with van der Waals surface area (Å²) in [7, 11) is 0. The first-order valence-electron chi connectivity index (χ1n) is 2.38. The van der Waals surface area contributed by atoms with Gasteiger partial charge in [-0.1, -0.05) is 6.92 Å². The van der Waals surface area contributed by atoms with Crippen LogP contribution >= 0.6 is 0 Å². The van der Waals surface area contributed by atoms with Crippen LogP contribution in [0.3, 0.4) is 0 Å². The molecule has 1 rings (SSSR count). The third-order valence-electron chi connectivity index (χ3n) is 1.17. The second-order valence-corrected chi connectivity index (χ2v) is 1.82. The molecule has 0 fully saturated rings. The van der Waals surface area contributed by atoms with Gasteiger partial charge in [0.2, 0.25) is 6.61 Å². The minimum Gasteiger partial charge on any atom is -0.485 e. The predicted octanol–water partition coefficient (Wildman–Crippen LogP) is 1.60. The van der Waals surface area contributed by atoms with Crippen LogP contribution in [-0.2, 0) is 4.74 Å². The van der Waals surface area contributed by atoms with Crippen molar-refractivity contribution < 1.29 is 4.74 Å². The molecule has 38 valence electrons. The van der Waals surface area contributed by atoms with E-state index in [4.69, 9.17) is 4.74 Å². The van der Waals surface area contributed by atoms with E-state index in [0.29, 0.717) is 5.92 Å². The molecule has 1 atom stereocenters. The number of hydrogen-bond donors (Lipinski definition) is 0. The molecule has 1 nitrogen and oxygen atoms in total. The summed E-state index contributed by atoms with van der Waals surface area (Å²) in [5.41, 5.74) is 1.25. The Balaban J connectivity index is 2.54. The summed E-state index contributed by atoms with van der Waals surface area (Å²) in [5, 5.41) is 0. The summed E-state index contributed by atoms with van der Waals surface area (Å²) in [6.45, 7) is 6.86. The Kier molecular flexibility index (Phi) is 1.05. The highest BCUT2D eigenvalue weighted by Gasteiger charge is 2.11. The molecule has 0 aromatic heterocycles. The quantitative estimate of drug-likeness (QED) is 0.445. The van der Waals surface area contributed by atoms with Crippen LogP contribution in [0, 0.1) is 12.5 Å². The SMILES string of the molecule is CC1=CO[C]C1C. The van der Waals surface area contributed by atoms with Crippen molar-refractivity contribution in [1.29, 1.82) is 0 Å². The molecule has 7 heavy (non-hydrogen) atoms. The molecule has 0 spiro atoms. The largest absolute Gasteiger partial charge is 0.485 e. The Hall–Kier alpha value is -0.460. The molecule has 0 saturated heterocycles. The van der Waals surface area contributed by atoms with E-state index in [1.165, 1.54) is 5.57 Å². The molecular weight excluding hydrogens is 88.1 g/mol. The van der Waals surface area contributed by atoms with E-state index in [1.54, 1.807) is 6.26 Å². The average molecular weight is 96.1 g/mol. The minimum absolute atomic E-state index is 0.403. The highest BCUT2D eigenvalue weighted by molar-refractivity contribution is 5.06. The van der Waals surface area contributed by atoms with Gasteiger partial charge < -0.3 is 4.74 Å². The van der Waals surface area contributed by atoms with Crippen molar-refractivity contribution >= 4 is 0 Å². The van der Waals surface area contributed by atoms with Crippen molar-refractivity contribution in [3.8, 4) is 0 Å². The van der Waals surface area contributed by atoms with E-state index in [0.717, 1.165) is 0 Å². The molecule has 0 saturated carbocycles. The second-order valence-electron chi connectivity index (χ2n) is 1.82. The van der Waals surface area contributed by atoms with Crippen LogP contribution in [0.25, 0.3) is 0 Å². The van der Waals surface area contributed by atoms with Crippen LogP contribution in [0.5, 0.6) is 0 Å². The van der Waals surface area contributed by atoms with Crippen molar-refractivity contribution in [3.05, 3.63) is 18.4 Å². The number of rotatable bonds is 0. The van der Waals surface area contributed by atoms with Crippen LogP contribution in [0.4, 0.5) is 0 Å². The Morgan fingerprint density at radius 2 is 2.57 bits per heavy atom. The van der Waals surface area contributed by atoms with Gasteiger partial charge in [-0.15, -0.1) is 0 Å². The van der Waals surface area contributed by atoms with Gasteiger partial charge in [-0.2, -0.15) is 0 Å². The van der Waals surface area contributed by atoms with Crippen LogP contribution in [0.1, 0.15) is 13.8 Å². The molecule has 2 radical (unpaired) electrons. The normalized spacial score (nSPS) is 29.4. The lowest BCUT2D eigenvalue weighted by atomic mass is 10.1. The summed E-state index contributed by atoms with van der Waals surface area (Å²) in [6, 6.07) is 0. The highest BCUT2D eigenvalue weighted by atomic mass is 16.5. The van der Waals surface area contributed by atoms with Crippen LogP contribution in [0.2, 0.25) is 0 Å². The standard InChI is InChI=1S/C6H8O/c1-5-3-7-4-6(5)2/h3,6H,1-2H3. The van der Waals surface area contributed by atoms with Crippen LogP contribution in [-0.4, -0.2) is 0 Å². The van der Waals surface area contributed by atoms with E-state index < -0.39 is 0 Å². The summed E-state index contributed by atoms with van der Waals surface area (Å²) in [6.07, 6.45) is 1.73. The third kappa shape index (κ3) is 0.763. The Bertz CT molecular complexity index is 94.4. The molecule has 1 heteroatoms. The van der Waals surface area contributed by atoms with Gasteiger partial charge >= 0.3 is 0 Å². The average Bonchev–Trinajstić information content (AvgIpc) is 1.91. The van der Waals surface area contributed by atoms with E-state index in [2.05, 4.69) is 13.5 Å². The summed E-state index contributed by atoms with van der Waals surface area (Å²) < 4.78 is 4.76. The summed E-state index contributed by atoms with van der Waals surface area (Å²) >= 11 is 0. The van der Waals surface area contributed by atoms with E-state index in [1.807, 2.05) is 6.92 Å². The number of ether oxygens (including phenoxy) is 1. The van der Waals surface area contributed by atoms with Gasteiger partial charge in [-0.3, -0.25) is 0 Å². The van der Waals surface area contributed by atoms with Crippen molar-refractivity contribution in [2.45, 2.75) is 13.8 Å². The molecule has 1 aliphatic rings. The minimum atomic E-state index is 0.403. The first-order valence-corrected chi connectivity index (χ1v) is 2.38. The Labute approximate surface area is 44.0 Å². The molecule has 1 heterocycles. The van der Waals surface area contributed by atoms with Gasteiger partial charge in [0.15, 0.2) is 0 Å². The molecule has 0 aromatic rings. The molecule has 1 aliphatic heterocycles. The lowest BCUT2D eigenvalue weighted by Crippen LogP contribution is -1.87. The Morgan fingerprint density at radius 1 is 1.86 bits per heavy atom. The molecule has 0 aliphatic carbocycles. The fourth-order valence-corrected chi connectivity index (χ4v) is 0.424. The van der Waals surface area contributed by atoms with Gasteiger partial charge in [0.1, 0.15) is 0 Å². The zero-order valence-electron chi connectivity index (χ0n) is 4.56. The van der Waals surface area contributed by atoms with E-state index in [9.17, 15) is 0 Å². The fourth-order valence-electron chi connectivity index (χ4n) is 0.424. The maximum Gasteiger partial charge on any atom is 0.202 e.